The molecule has 1 heterocycles. The van der Waals surface area contributed by atoms with Gasteiger partial charge in [-0.2, -0.15) is 4.79 Å². The first-order chi connectivity index (χ1) is 3.29. The molecule has 1 rings (SSSR count). The van der Waals surface area contributed by atoms with Crippen molar-refractivity contribution in [2.75, 3.05) is 6.61 Å². The van der Waals surface area contributed by atoms with Crippen LogP contribution in [0.2, 0.25) is 0 Å². The lowest BCUT2D eigenvalue weighted by molar-refractivity contribution is -0.576. The number of primary amides is 1. The lowest BCUT2D eigenvalue weighted by Crippen LogP contribution is -2.89. The predicted octanol–water partition coefficient (Wildman–Crippen LogP) is -0.912. The van der Waals surface area contributed by atoms with Gasteiger partial charge in [-0.1, -0.05) is 0 Å². The van der Waals surface area contributed by atoms with E-state index in [1.165, 1.54) is 0 Å². The summed E-state index contributed by atoms with van der Waals surface area (Å²) in [4.78, 5) is 10.2. The molecule has 1 aliphatic heterocycles. The molecule has 1 amide bonds. The third-order valence-electron chi connectivity index (χ3n) is 0.909. The summed E-state index contributed by atoms with van der Waals surface area (Å²) in [5, 5.41) is 1.58. The Kier molecular flexibility index (Phi) is 0.982. The second kappa shape index (κ2) is 1.50. The largest absolute Gasteiger partial charge is 0.513 e. The second-order valence-electron chi connectivity index (χ2n) is 1.77. The number of nitrogens with two attached hydrogens (primary N) is 1. The van der Waals surface area contributed by atoms with Crippen molar-refractivity contribution in [3.8, 4) is 0 Å². The predicted molar refractivity (Wildman–Crippen MR) is 22.7 cm³/mol. The fraction of sp³-hybridized carbons (Fsp3) is 0.750. The summed E-state index contributed by atoms with van der Waals surface area (Å²) in [7, 11) is 0. The molecule has 0 spiro atoms. The molecule has 1 fully saturated rings. The van der Waals surface area contributed by atoms with Crippen LogP contribution in [0, 0.1) is 0 Å². The number of amides is 1. The number of cyclic esters (lactones) is 1. The van der Waals surface area contributed by atoms with E-state index in [1.807, 2.05) is 6.92 Å². The highest BCUT2D eigenvalue weighted by Crippen LogP contribution is 1.83. The fourth-order valence-corrected chi connectivity index (χ4v) is 0.542. The molecule has 0 aliphatic carbocycles. The number of carbonyl (C=O) groups is 1. The first-order valence-electron chi connectivity index (χ1n) is 2.30. The Bertz CT molecular complexity index is 91.7. The molecule has 0 aromatic rings. The van der Waals surface area contributed by atoms with Crippen LogP contribution in [0.3, 0.4) is 0 Å². The molecule has 0 saturated carbocycles. The summed E-state index contributed by atoms with van der Waals surface area (Å²) in [6, 6.07) is 0.326. The van der Waals surface area contributed by atoms with Crippen molar-refractivity contribution in [3.63, 3.8) is 0 Å². The van der Waals surface area contributed by atoms with Gasteiger partial charge in [-0.3, -0.25) is 0 Å². The van der Waals surface area contributed by atoms with Gasteiger partial charge in [0.25, 0.3) is 0 Å². The van der Waals surface area contributed by atoms with Gasteiger partial charge in [-0.05, 0) is 6.92 Å². The molecular formula is C4H8NO2+. The van der Waals surface area contributed by atoms with E-state index in [0.717, 1.165) is 0 Å². The first kappa shape index (κ1) is 4.59. The Labute approximate surface area is 41.7 Å². The van der Waals surface area contributed by atoms with Crippen LogP contribution in [-0.2, 0) is 4.74 Å². The molecule has 1 unspecified atom stereocenters. The average Bonchev–Trinajstić information content (AvgIpc) is 1.87. The molecule has 1 saturated heterocycles. The summed E-state index contributed by atoms with van der Waals surface area (Å²) >= 11 is 0. The van der Waals surface area contributed by atoms with E-state index >= 15 is 0 Å². The monoisotopic (exact) mass is 102 g/mol. The van der Waals surface area contributed by atoms with Gasteiger partial charge < -0.3 is 4.74 Å². The number of hydrogen-bond acceptors (Lipinski definition) is 2. The quantitative estimate of drug-likeness (QED) is 0.430. The Balaban J connectivity index is 2.40. The van der Waals surface area contributed by atoms with E-state index in [0.29, 0.717) is 12.6 Å². The van der Waals surface area contributed by atoms with Crippen LogP contribution in [0.1, 0.15) is 6.92 Å². The summed E-state index contributed by atoms with van der Waals surface area (Å²) in [6.45, 7) is 2.52. The topological polar surface area (TPSA) is 42.9 Å². The summed E-state index contributed by atoms with van der Waals surface area (Å²) in [6.07, 6.45) is -0.174. The van der Waals surface area contributed by atoms with Crippen LogP contribution in [0.15, 0.2) is 0 Å². The van der Waals surface area contributed by atoms with Gasteiger partial charge in [-0.15, -0.1) is 0 Å². The van der Waals surface area contributed by atoms with Gasteiger partial charge in [0.15, 0.2) is 0 Å². The van der Waals surface area contributed by atoms with Crippen molar-refractivity contribution in [3.05, 3.63) is 0 Å². The zero-order valence-corrected chi connectivity index (χ0v) is 4.18. The number of ether oxygens (including phenoxy) is 1. The van der Waals surface area contributed by atoms with Gasteiger partial charge >= 0.3 is 6.09 Å². The number of quaternary nitrogens is 1. The summed E-state index contributed by atoms with van der Waals surface area (Å²) in [5.74, 6) is 0. The lowest BCUT2D eigenvalue weighted by atomic mass is 10.4. The van der Waals surface area contributed by atoms with E-state index in [9.17, 15) is 4.79 Å². The molecule has 1 aliphatic rings. The highest BCUT2D eigenvalue weighted by molar-refractivity contribution is 5.56. The maximum Gasteiger partial charge on any atom is 0.513 e. The van der Waals surface area contributed by atoms with Crippen molar-refractivity contribution < 1.29 is 14.8 Å². The minimum absolute atomic E-state index is 0.174. The van der Waals surface area contributed by atoms with Crippen molar-refractivity contribution >= 4 is 6.09 Å². The van der Waals surface area contributed by atoms with E-state index in [2.05, 4.69) is 4.74 Å². The van der Waals surface area contributed by atoms with E-state index in [4.69, 9.17) is 0 Å². The van der Waals surface area contributed by atoms with Crippen LogP contribution in [0.4, 0.5) is 4.79 Å². The molecule has 0 radical (unpaired) electrons. The van der Waals surface area contributed by atoms with E-state index < -0.39 is 0 Å². The Morgan fingerprint density at radius 3 is 2.86 bits per heavy atom. The minimum Gasteiger partial charge on any atom is -0.414 e. The number of carbonyl (C=O) groups excluding carboxylic acids is 1. The van der Waals surface area contributed by atoms with Crippen LogP contribution < -0.4 is 5.32 Å². The molecule has 40 valence electrons. The third kappa shape index (κ3) is 0.899. The number of rotatable bonds is 0. The SMILES string of the molecule is CC1COC(=O)[NH2+]1. The molecule has 0 aromatic carbocycles. The normalized spacial score (nSPS) is 30.4. The van der Waals surface area contributed by atoms with Crippen LogP contribution >= 0.6 is 0 Å². The lowest BCUT2D eigenvalue weighted by Gasteiger charge is -1.84. The van der Waals surface area contributed by atoms with Crippen LogP contribution in [0.25, 0.3) is 0 Å². The zero-order valence-electron chi connectivity index (χ0n) is 4.18. The highest BCUT2D eigenvalue weighted by Gasteiger charge is 2.22. The number of hydrogen-bond donors (Lipinski definition) is 1. The Morgan fingerprint density at radius 1 is 2.00 bits per heavy atom. The molecule has 7 heavy (non-hydrogen) atoms. The van der Waals surface area contributed by atoms with Gasteiger partial charge in [0.2, 0.25) is 0 Å². The van der Waals surface area contributed by atoms with Crippen molar-refractivity contribution in [1.82, 2.24) is 0 Å². The fourth-order valence-electron chi connectivity index (χ4n) is 0.542. The second-order valence-corrected chi connectivity index (χ2v) is 1.77. The van der Waals surface area contributed by atoms with E-state index in [-0.39, 0.29) is 6.09 Å². The summed E-state index contributed by atoms with van der Waals surface area (Å²) in [5.41, 5.74) is 0. The van der Waals surface area contributed by atoms with Gasteiger partial charge in [-0.25, -0.2) is 5.32 Å². The smallest absolute Gasteiger partial charge is 0.414 e. The molecule has 3 heteroatoms. The van der Waals surface area contributed by atoms with Gasteiger partial charge in [0.05, 0.1) is 0 Å². The molecule has 0 bridgehead atoms. The van der Waals surface area contributed by atoms with Crippen molar-refractivity contribution in [2.45, 2.75) is 13.0 Å². The maximum atomic E-state index is 10.2. The minimum atomic E-state index is -0.174. The average molecular weight is 102 g/mol. The molecular weight excluding hydrogens is 94.0 g/mol. The highest BCUT2D eigenvalue weighted by atomic mass is 16.6. The maximum absolute atomic E-state index is 10.2. The summed E-state index contributed by atoms with van der Waals surface area (Å²) < 4.78 is 4.57. The molecule has 3 nitrogen and oxygen atoms in total. The molecule has 0 aromatic heterocycles. The standard InChI is InChI=1S/C4H7NO2/c1-3-2-7-4(6)5-3/h3H,2H2,1H3,(H,5,6)/p+1. The van der Waals surface area contributed by atoms with Gasteiger partial charge in [0.1, 0.15) is 12.6 Å². The van der Waals surface area contributed by atoms with E-state index in [1.54, 1.807) is 5.32 Å². The molecule has 1 atom stereocenters. The molecule has 2 N–H and O–H groups in total. The van der Waals surface area contributed by atoms with Crippen molar-refractivity contribution in [1.29, 1.82) is 0 Å². The Morgan fingerprint density at radius 2 is 2.71 bits per heavy atom. The first-order valence-corrected chi connectivity index (χ1v) is 2.30. The zero-order chi connectivity index (χ0) is 5.28. The Hall–Kier alpha value is -0.570. The van der Waals surface area contributed by atoms with Crippen molar-refractivity contribution in [2.24, 2.45) is 0 Å². The van der Waals surface area contributed by atoms with Crippen LogP contribution in [-0.4, -0.2) is 18.7 Å². The third-order valence-corrected chi connectivity index (χ3v) is 0.909. The van der Waals surface area contributed by atoms with Crippen LogP contribution in [0.5, 0.6) is 0 Å². The van der Waals surface area contributed by atoms with Gasteiger partial charge in [0, 0.05) is 0 Å².